The predicted octanol–water partition coefficient (Wildman–Crippen LogP) is 1.93. The second kappa shape index (κ2) is 14.2. The van der Waals surface area contributed by atoms with Crippen LogP contribution in [0.3, 0.4) is 0 Å². The number of hydrogen-bond acceptors (Lipinski definition) is 10. The number of aromatic amines is 1. The number of allylic oxidation sites excluding steroid dienone is 3. The van der Waals surface area contributed by atoms with Crippen LogP contribution in [0.1, 0.15) is 52.2 Å². The first-order valence-electron chi connectivity index (χ1n) is 12.4. The van der Waals surface area contributed by atoms with Crippen molar-refractivity contribution in [2.45, 2.75) is 76.1 Å². The van der Waals surface area contributed by atoms with Gasteiger partial charge in [0.15, 0.2) is 6.23 Å². The van der Waals surface area contributed by atoms with E-state index in [1.807, 2.05) is 5.38 Å². The summed E-state index contributed by atoms with van der Waals surface area (Å²) in [6.45, 7) is 6.68. The first-order chi connectivity index (χ1) is 18.6. The quantitative estimate of drug-likeness (QED) is 0.0992. The van der Waals surface area contributed by atoms with Crippen LogP contribution in [0.5, 0.6) is 0 Å². The summed E-state index contributed by atoms with van der Waals surface area (Å²) in [5.74, 6) is 2.31. The molecule has 1 saturated heterocycles. The topological polar surface area (TPSA) is 161 Å². The van der Waals surface area contributed by atoms with Gasteiger partial charge in [0.05, 0.1) is 6.61 Å². The number of H-pyrrole nitrogens is 1. The minimum Gasteiger partial charge on any atom is -0.461 e. The molecule has 0 bridgehead atoms. The molecule has 1 aromatic heterocycles. The Morgan fingerprint density at radius 1 is 1.38 bits per heavy atom. The molecule has 1 aliphatic heterocycles. The number of ether oxygens (including phenoxy) is 2. The summed E-state index contributed by atoms with van der Waals surface area (Å²) in [6, 6.07) is 1.05. The lowest BCUT2D eigenvalue weighted by Gasteiger charge is -2.26. The number of halogens is 1. The maximum atomic E-state index is 12.4. The molecule has 0 radical (unpaired) electrons. The van der Waals surface area contributed by atoms with Gasteiger partial charge in [0.25, 0.3) is 5.56 Å². The van der Waals surface area contributed by atoms with Crippen molar-refractivity contribution in [3.05, 3.63) is 57.1 Å². The molecule has 0 spiro atoms. The maximum absolute atomic E-state index is 12.4. The van der Waals surface area contributed by atoms with Crippen molar-refractivity contribution in [1.82, 2.24) is 14.6 Å². The Hall–Kier alpha value is -2.49. The summed E-state index contributed by atoms with van der Waals surface area (Å²) in [5.41, 5.74) is -3.12. The van der Waals surface area contributed by atoms with Crippen LogP contribution in [0.2, 0.25) is 0 Å². The monoisotopic (exact) mass is 585 g/mol. The molecule has 214 valence electrons. The number of hydrogen-bond donors (Lipinski definition) is 4. The lowest BCUT2D eigenvalue weighted by molar-refractivity contribution is -0.149. The van der Waals surface area contributed by atoms with Crippen LogP contribution in [-0.2, 0) is 23.3 Å². The number of aliphatic hydroxyl groups is 2. The Morgan fingerprint density at radius 3 is 2.74 bits per heavy atom. The third-order valence-corrected chi connectivity index (χ3v) is 7.81. The lowest BCUT2D eigenvalue weighted by atomic mass is 9.95. The van der Waals surface area contributed by atoms with E-state index in [0.717, 1.165) is 54.5 Å². The van der Waals surface area contributed by atoms with Gasteiger partial charge in [0.1, 0.15) is 30.6 Å². The fourth-order valence-electron chi connectivity index (χ4n) is 4.13. The van der Waals surface area contributed by atoms with Crippen molar-refractivity contribution in [2.24, 2.45) is 0 Å². The number of aromatic nitrogens is 2. The minimum atomic E-state index is -2.31. The van der Waals surface area contributed by atoms with E-state index in [-0.39, 0.29) is 19.3 Å². The fraction of sp³-hybridized carbons (Fsp3) is 0.560. The van der Waals surface area contributed by atoms with E-state index in [4.69, 9.17) is 30.1 Å². The molecular formula is C25H33ClN3O9P. The van der Waals surface area contributed by atoms with Gasteiger partial charge < -0.3 is 28.7 Å². The summed E-state index contributed by atoms with van der Waals surface area (Å²) in [7, 11) is -1.95. The van der Waals surface area contributed by atoms with Gasteiger partial charge in [-0.3, -0.25) is 19.1 Å². The van der Waals surface area contributed by atoms with E-state index in [2.05, 4.69) is 22.6 Å². The summed E-state index contributed by atoms with van der Waals surface area (Å²) in [6.07, 6.45) is 3.03. The highest BCUT2D eigenvalue weighted by atomic mass is 35.5. The van der Waals surface area contributed by atoms with Gasteiger partial charge in [-0.2, -0.15) is 0 Å². The van der Waals surface area contributed by atoms with Crippen LogP contribution in [0.4, 0.5) is 0 Å². The number of nitrogens with zero attached hydrogens (tertiary/aromatic N) is 1. The van der Waals surface area contributed by atoms with Crippen LogP contribution in [-0.4, -0.2) is 62.8 Å². The largest absolute Gasteiger partial charge is 0.461 e. The molecule has 1 aliphatic carbocycles. The van der Waals surface area contributed by atoms with Crippen LogP contribution in [0.25, 0.3) is 0 Å². The zero-order valence-electron chi connectivity index (χ0n) is 21.7. The lowest BCUT2D eigenvalue weighted by Crippen LogP contribution is -2.48. The minimum absolute atomic E-state index is 0.109. The molecule has 2 heterocycles. The number of carbonyl (C=O) groups excluding carboxylic acids is 1. The molecule has 1 saturated carbocycles. The molecule has 2 aliphatic rings. The Balaban J connectivity index is 1.72. The molecule has 12 nitrogen and oxygen atoms in total. The standard InChI is InChI=1S/C25H33ClN3O9P/c1-4-16(2)17(3)38-39(27-14-21(31)36-18-8-6-5-7-9-18)35-15-19-22(32)25(34,11-12-26)23(37-19)29-13-10-20(30)28-24(29)33/h4,10,13,18-19,22-23,27,32,34H,1,5-9,14-15H2,2-3H3,(H,28,30,33)/b17-16-. The first-order valence-corrected chi connectivity index (χ1v) is 14.0. The van der Waals surface area contributed by atoms with Crippen molar-refractivity contribution in [2.75, 3.05) is 13.2 Å². The molecule has 0 aromatic carbocycles. The van der Waals surface area contributed by atoms with Gasteiger partial charge in [0.2, 0.25) is 5.60 Å². The summed E-state index contributed by atoms with van der Waals surface area (Å²) >= 11 is 5.52. The number of nitrogens with one attached hydrogen (secondary N) is 2. The fourth-order valence-corrected chi connectivity index (χ4v) is 5.42. The van der Waals surface area contributed by atoms with Gasteiger partial charge in [-0.1, -0.05) is 19.1 Å². The van der Waals surface area contributed by atoms with Gasteiger partial charge in [-0.05, 0) is 62.6 Å². The Kier molecular flexibility index (Phi) is 11.3. The van der Waals surface area contributed by atoms with Gasteiger partial charge >= 0.3 is 20.2 Å². The smallest absolute Gasteiger partial charge is 0.330 e. The predicted molar refractivity (Wildman–Crippen MR) is 143 cm³/mol. The van der Waals surface area contributed by atoms with Crippen LogP contribution in [0.15, 0.2) is 45.8 Å². The highest BCUT2D eigenvalue weighted by molar-refractivity contribution is 7.45. The highest BCUT2D eigenvalue weighted by Gasteiger charge is 2.56. The van der Waals surface area contributed by atoms with E-state index in [1.165, 1.54) is 0 Å². The molecule has 0 amide bonds. The highest BCUT2D eigenvalue weighted by Crippen LogP contribution is 2.42. The molecule has 1 aromatic rings. The maximum Gasteiger partial charge on any atom is 0.330 e. The molecule has 5 atom stereocenters. The molecule has 4 N–H and O–H groups in total. The molecule has 14 heteroatoms. The number of carbonyl (C=O) groups is 1. The summed E-state index contributed by atoms with van der Waals surface area (Å²) in [4.78, 5) is 38.3. The Morgan fingerprint density at radius 2 is 2.10 bits per heavy atom. The third kappa shape index (κ3) is 8.02. The van der Waals surface area contributed by atoms with Crippen molar-refractivity contribution in [3.63, 3.8) is 0 Å². The molecule has 39 heavy (non-hydrogen) atoms. The second-order valence-electron chi connectivity index (χ2n) is 9.21. The van der Waals surface area contributed by atoms with Crippen molar-refractivity contribution in [1.29, 1.82) is 0 Å². The van der Waals surface area contributed by atoms with Crippen LogP contribution >= 0.6 is 20.1 Å². The van der Waals surface area contributed by atoms with Crippen molar-refractivity contribution in [3.8, 4) is 11.3 Å². The number of rotatable bonds is 11. The number of esters is 1. The first kappa shape index (κ1) is 31.0. The van der Waals surface area contributed by atoms with Gasteiger partial charge in [-0.15, -0.1) is 0 Å². The van der Waals surface area contributed by atoms with E-state index in [0.29, 0.717) is 5.76 Å². The van der Waals surface area contributed by atoms with E-state index >= 15 is 0 Å². The zero-order chi connectivity index (χ0) is 28.6. The molecule has 2 fully saturated rings. The van der Waals surface area contributed by atoms with Gasteiger partial charge in [-0.25, -0.2) is 9.88 Å². The summed E-state index contributed by atoms with van der Waals surface area (Å²) in [5, 5.41) is 26.9. The van der Waals surface area contributed by atoms with Crippen LogP contribution < -0.4 is 16.3 Å². The van der Waals surface area contributed by atoms with E-state index in [1.54, 1.807) is 19.9 Å². The SMILES string of the molecule is C=C/C(C)=C(/C)OP(NCC(=O)OC1CCCCC1)OCC1OC(n2ccc(=O)[nH]c2=O)C(O)(C#CCl)C1O. The summed E-state index contributed by atoms with van der Waals surface area (Å²) < 4.78 is 23.9. The third-order valence-electron chi connectivity index (χ3n) is 6.47. The van der Waals surface area contributed by atoms with Crippen molar-refractivity contribution >= 4 is 26.1 Å². The Bertz CT molecular complexity index is 1230. The van der Waals surface area contributed by atoms with E-state index in [9.17, 15) is 24.6 Å². The average molecular weight is 586 g/mol. The Labute approximate surface area is 231 Å². The zero-order valence-corrected chi connectivity index (χ0v) is 23.4. The second-order valence-corrected chi connectivity index (χ2v) is 10.7. The molecular weight excluding hydrogens is 553 g/mol. The molecule has 3 rings (SSSR count). The van der Waals surface area contributed by atoms with Crippen LogP contribution in [0, 0.1) is 11.3 Å². The normalized spacial score (nSPS) is 26.6. The number of aliphatic hydroxyl groups excluding tert-OH is 1. The van der Waals surface area contributed by atoms with Gasteiger partial charge in [0, 0.05) is 17.6 Å². The van der Waals surface area contributed by atoms with E-state index < -0.39 is 49.8 Å². The molecule has 5 unspecified atom stereocenters. The van der Waals surface area contributed by atoms with Crippen molar-refractivity contribution < 1.29 is 33.5 Å². The average Bonchev–Trinajstić information content (AvgIpc) is 3.15.